The number of aromatic nitrogens is 1. The Labute approximate surface area is 179 Å². The highest BCUT2D eigenvalue weighted by Gasteiger charge is 2.34. The second kappa shape index (κ2) is 8.56. The third-order valence-electron chi connectivity index (χ3n) is 5.47. The molecule has 3 aromatic rings. The maximum Gasteiger partial charge on any atom is 0.419 e. The van der Waals surface area contributed by atoms with E-state index in [9.17, 15) is 18.0 Å². The number of carbonyl (C=O) groups is 1. The lowest BCUT2D eigenvalue weighted by atomic mass is 10.1. The van der Waals surface area contributed by atoms with Gasteiger partial charge in [-0.1, -0.05) is 24.6 Å². The van der Waals surface area contributed by atoms with E-state index in [1.54, 1.807) is 25.2 Å². The second-order valence-corrected chi connectivity index (χ2v) is 9.41. The SMILES string of the molecule is Cn1c(=O)oc2cc(S(=O)(=O)N3CCCCC3CNC(=O)Nc3ccccc3)ccc21. The number of oxazole rings is 1. The number of nitrogens with zero attached hydrogens (tertiary/aromatic N) is 2. The Hall–Kier alpha value is -3.11. The molecule has 1 aliphatic heterocycles. The third-order valence-corrected chi connectivity index (χ3v) is 7.42. The van der Waals surface area contributed by atoms with E-state index in [4.69, 9.17) is 4.42 Å². The van der Waals surface area contributed by atoms with E-state index < -0.39 is 15.8 Å². The zero-order chi connectivity index (χ0) is 22.0. The van der Waals surface area contributed by atoms with E-state index >= 15 is 0 Å². The minimum Gasteiger partial charge on any atom is -0.408 e. The van der Waals surface area contributed by atoms with Crippen molar-refractivity contribution in [2.75, 3.05) is 18.4 Å². The number of aryl methyl sites for hydroxylation is 1. The maximum absolute atomic E-state index is 13.3. The minimum atomic E-state index is -3.82. The highest BCUT2D eigenvalue weighted by atomic mass is 32.2. The molecule has 2 aromatic carbocycles. The van der Waals surface area contributed by atoms with Crippen LogP contribution in [0, 0.1) is 0 Å². The number of nitrogens with one attached hydrogen (secondary N) is 2. The van der Waals surface area contributed by atoms with E-state index in [1.165, 1.54) is 21.0 Å². The first-order chi connectivity index (χ1) is 14.9. The van der Waals surface area contributed by atoms with Gasteiger partial charge in [0.15, 0.2) is 5.58 Å². The van der Waals surface area contributed by atoms with Gasteiger partial charge in [0.25, 0.3) is 0 Å². The van der Waals surface area contributed by atoms with E-state index in [2.05, 4.69) is 10.6 Å². The number of hydrogen-bond acceptors (Lipinski definition) is 5. The minimum absolute atomic E-state index is 0.0648. The van der Waals surface area contributed by atoms with Gasteiger partial charge in [-0.2, -0.15) is 4.31 Å². The van der Waals surface area contributed by atoms with Crippen molar-refractivity contribution in [3.8, 4) is 0 Å². The van der Waals surface area contributed by atoms with Crippen molar-refractivity contribution < 1.29 is 17.6 Å². The zero-order valence-electron chi connectivity index (χ0n) is 17.1. The molecule has 2 amide bonds. The fraction of sp³-hybridized carbons (Fsp3) is 0.333. The molecular formula is C21H24N4O5S. The van der Waals surface area contributed by atoms with Gasteiger partial charge in [-0.05, 0) is 37.1 Å². The summed E-state index contributed by atoms with van der Waals surface area (Å²) < 4.78 is 34.6. The Morgan fingerprint density at radius 3 is 2.71 bits per heavy atom. The summed E-state index contributed by atoms with van der Waals surface area (Å²) in [6.07, 6.45) is 2.27. The van der Waals surface area contributed by atoms with Crippen LogP contribution in [0.25, 0.3) is 11.1 Å². The number of urea groups is 1. The topological polar surface area (TPSA) is 114 Å². The zero-order valence-corrected chi connectivity index (χ0v) is 17.9. The van der Waals surface area contributed by atoms with Gasteiger partial charge in [0, 0.05) is 37.9 Å². The molecule has 9 nitrogen and oxygen atoms in total. The summed E-state index contributed by atoms with van der Waals surface area (Å²) in [6, 6.07) is 12.7. The Morgan fingerprint density at radius 2 is 1.94 bits per heavy atom. The highest BCUT2D eigenvalue weighted by Crippen LogP contribution is 2.27. The molecule has 1 unspecified atom stereocenters. The van der Waals surface area contributed by atoms with Gasteiger partial charge >= 0.3 is 11.8 Å². The Balaban J connectivity index is 1.50. The first-order valence-corrected chi connectivity index (χ1v) is 11.5. The van der Waals surface area contributed by atoms with Crippen molar-refractivity contribution in [2.24, 2.45) is 7.05 Å². The number of carbonyl (C=O) groups excluding carboxylic acids is 1. The molecule has 0 bridgehead atoms. The molecule has 1 atom stereocenters. The lowest BCUT2D eigenvalue weighted by Gasteiger charge is -2.34. The molecule has 1 saturated heterocycles. The number of benzene rings is 2. The highest BCUT2D eigenvalue weighted by molar-refractivity contribution is 7.89. The molecule has 2 heterocycles. The molecule has 0 radical (unpaired) electrons. The van der Waals surface area contributed by atoms with Crippen LogP contribution in [0.15, 0.2) is 62.6 Å². The second-order valence-electron chi connectivity index (χ2n) is 7.52. The summed E-state index contributed by atoms with van der Waals surface area (Å²) in [6.45, 7) is 0.562. The van der Waals surface area contributed by atoms with Gasteiger partial charge in [0.05, 0.1) is 10.4 Å². The van der Waals surface area contributed by atoms with Crippen LogP contribution >= 0.6 is 0 Å². The number of anilines is 1. The van der Waals surface area contributed by atoms with Crippen LogP contribution in [-0.4, -0.2) is 42.5 Å². The number of amides is 2. The average molecular weight is 445 g/mol. The molecule has 1 aromatic heterocycles. The van der Waals surface area contributed by atoms with Gasteiger partial charge in [-0.15, -0.1) is 0 Å². The molecule has 4 rings (SSSR count). The van der Waals surface area contributed by atoms with Crippen LogP contribution < -0.4 is 16.4 Å². The molecule has 2 N–H and O–H groups in total. The molecule has 0 aliphatic carbocycles. The summed E-state index contributed by atoms with van der Waals surface area (Å²) in [5.74, 6) is -0.547. The van der Waals surface area contributed by atoms with Crippen molar-refractivity contribution in [1.29, 1.82) is 0 Å². The largest absolute Gasteiger partial charge is 0.419 e. The van der Waals surface area contributed by atoms with Gasteiger partial charge < -0.3 is 15.1 Å². The summed E-state index contributed by atoms with van der Waals surface area (Å²) in [4.78, 5) is 24.0. The fourth-order valence-electron chi connectivity index (χ4n) is 3.81. The smallest absolute Gasteiger partial charge is 0.408 e. The van der Waals surface area contributed by atoms with E-state index in [0.29, 0.717) is 24.2 Å². The number of hydrogen-bond donors (Lipinski definition) is 2. The molecule has 1 fully saturated rings. The van der Waals surface area contributed by atoms with E-state index in [1.807, 2.05) is 18.2 Å². The van der Waals surface area contributed by atoms with Gasteiger partial charge in [-0.25, -0.2) is 18.0 Å². The van der Waals surface area contributed by atoms with Gasteiger partial charge in [0.2, 0.25) is 10.0 Å². The van der Waals surface area contributed by atoms with Crippen molar-refractivity contribution in [2.45, 2.75) is 30.2 Å². The number of sulfonamides is 1. The Morgan fingerprint density at radius 1 is 1.16 bits per heavy atom. The molecule has 1 aliphatic rings. The van der Waals surface area contributed by atoms with Crippen LogP contribution in [0.5, 0.6) is 0 Å². The van der Waals surface area contributed by atoms with Crippen LogP contribution in [-0.2, 0) is 17.1 Å². The number of piperidine rings is 1. The standard InChI is InChI=1S/C21H24N4O5S/c1-24-18-11-10-17(13-19(18)30-21(24)27)31(28,29)25-12-6-5-9-16(25)14-22-20(26)23-15-7-3-2-4-8-15/h2-4,7-8,10-11,13,16H,5-6,9,12,14H2,1H3,(H2,22,23,26). The monoisotopic (exact) mass is 444 g/mol. The lowest BCUT2D eigenvalue weighted by molar-refractivity contribution is 0.231. The first-order valence-electron chi connectivity index (χ1n) is 10.1. The Bertz CT molecular complexity index is 1250. The van der Waals surface area contributed by atoms with E-state index in [0.717, 1.165) is 12.8 Å². The number of rotatable bonds is 5. The van der Waals surface area contributed by atoms with Gasteiger partial charge in [0.1, 0.15) is 0 Å². The van der Waals surface area contributed by atoms with Crippen molar-refractivity contribution in [3.63, 3.8) is 0 Å². The molecule has 0 spiro atoms. The van der Waals surface area contributed by atoms with Crippen LogP contribution in [0.2, 0.25) is 0 Å². The summed E-state index contributed by atoms with van der Waals surface area (Å²) in [5.41, 5.74) is 1.41. The lowest BCUT2D eigenvalue weighted by Crippen LogP contribution is -2.49. The average Bonchev–Trinajstić information content (AvgIpc) is 3.06. The molecule has 10 heteroatoms. The Kier molecular flexibility index (Phi) is 5.84. The molecule has 31 heavy (non-hydrogen) atoms. The quantitative estimate of drug-likeness (QED) is 0.628. The fourth-order valence-corrected chi connectivity index (χ4v) is 5.52. The van der Waals surface area contributed by atoms with Crippen molar-refractivity contribution >= 4 is 32.8 Å². The summed E-state index contributed by atoms with van der Waals surface area (Å²) in [7, 11) is -2.26. The number of para-hydroxylation sites is 1. The predicted molar refractivity (Wildman–Crippen MR) is 116 cm³/mol. The van der Waals surface area contributed by atoms with Gasteiger partial charge in [-0.3, -0.25) is 4.57 Å². The third kappa shape index (κ3) is 4.35. The normalized spacial score (nSPS) is 17.5. The van der Waals surface area contributed by atoms with Crippen molar-refractivity contribution in [3.05, 3.63) is 59.1 Å². The van der Waals surface area contributed by atoms with Crippen LogP contribution in [0.4, 0.5) is 10.5 Å². The summed E-state index contributed by atoms with van der Waals surface area (Å²) in [5, 5.41) is 5.51. The first kappa shape index (κ1) is 21.1. The number of fused-ring (bicyclic) bond motifs is 1. The van der Waals surface area contributed by atoms with Crippen LogP contribution in [0.1, 0.15) is 19.3 Å². The predicted octanol–water partition coefficient (Wildman–Crippen LogP) is 2.50. The molecule has 0 saturated carbocycles. The maximum atomic E-state index is 13.3. The van der Waals surface area contributed by atoms with Crippen molar-refractivity contribution in [1.82, 2.24) is 14.2 Å². The molecular weight excluding hydrogens is 420 g/mol. The van der Waals surface area contributed by atoms with E-state index in [-0.39, 0.29) is 29.1 Å². The van der Waals surface area contributed by atoms with Crippen LogP contribution in [0.3, 0.4) is 0 Å². The molecule has 164 valence electrons. The summed E-state index contributed by atoms with van der Waals surface area (Å²) >= 11 is 0.